The summed E-state index contributed by atoms with van der Waals surface area (Å²) < 4.78 is 5.19. The molecule has 2 aromatic carbocycles. The first-order valence-electron chi connectivity index (χ1n) is 10.8. The van der Waals surface area contributed by atoms with Gasteiger partial charge in [-0.25, -0.2) is 4.79 Å². The third-order valence-corrected chi connectivity index (χ3v) is 6.30. The van der Waals surface area contributed by atoms with Crippen molar-refractivity contribution in [3.8, 4) is 5.75 Å². The number of ether oxygens (including phenoxy) is 1. The van der Waals surface area contributed by atoms with Gasteiger partial charge in [-0.3, -0.25) is 9.69 Å². The highest BCUT2D eigenvalue weighted by atomic mass is 35.5. The highest BCUT2D eigenvalue weighted by molar-refractivity contribution is 6.42. The predicted octanol–water partition coefficient (Wildman–Crippen LogP) is 4.61. The standard InChI is InChI=1S/C25H28Cl2N4O3/c1-15(5-6-17-9-12-20(26)21(27)13-17)29-24(32)23-22(16(2)31(3)25(33)30-23)28-14-18-7-10-19(34-4)11-8-18/h7-13,15,28H,2,5-6,14H2,1,3-4H3,(H,29,32)(H,30,33)/t15-/m1/s1. The number of aryl methyl sites for hydroxylation is 1. The van der Waals surface area contributed by atoms with Crippen molar-refractivity contribution in [2.75, 3.05) is 14.2 Å². The molecule has 1 heterocycles. The van der Waals surface area contributed by atoms with Crippen LogP contribution in [0.2, 0.25) is 10.0 Å². The topological polar surface area (TPSA) is 82.7 Å². The Labute approximate surface area is 209 Å². The van der Waals surface area contributed by atoms with Crippen LogP contribution in [0.4, 0.5) is 4.79 Å². The second-order valence-electron chi connectivity index (χ2n) is 8.05. The van der Waals surface area contributed by atoms with E-state index in [-0.39, 0.29) is 17.6 Å². The lowest BCUT2D eigenvalue weighted by atomic mass is 10.1. The van der Waals surface area contributed by atoms with Gasteiger partial charge in [0.05, 0.1) is 28.5 Å². The van der Waals surface area contributed by atoms with E-state index in [1.807, 2.05) is 43.3 Å². The molecule has 0 spiro atoms. The van der Waals surface area contributed by atoms with Crippen LogP contribution in [0.3, 0.4) is 0 Å². The van der Waals surface area contributed by atoms with Crippen LogP contribution < -0.4 is 20.7 Å². The van der Waals surface area contributed by atoms with Crippen LogP contribution >= 0.6 is 23.2 Å². The van der Waals surface area contributed by atoms with Crippen LogP contribution in [0.25, 0.3) is 0 Å². The minimum Gasteiger partial charge on any atom is -0.497 e. The average molecular weight is 503 g/mol. The molecule has 0 saturated carbocycles. The lowest BCUT2D eigenvalue weighted by molar-refractivity contribution is -0.118. The van der Waals surface area contributed by atoms with Gasteiger partial charge < -0.3 is 20.7 Å². The molecule has 0 saturated heterocycles. The Kier molecular flexibility index (Phi) is 8.47. The van der Waals surface area contributed by atoms with Crippen molar-refractivity contribution >= 4 is 35.1 Å². The Balaban J connectivity index is 1.69. The lowest BCUT2D eigenvalue weighted by Gasteiger charge is -2.31. The third-order valence-electron chi connectivity index (χ3n) is 5.56. The molecule has 1 aliphatic heterocycles. The Morgan fingerprint density at radius 1 is 1.15 bits per heavy atom. The molecule has 9 heteroatoms. The van der Waals surface area contributed by atoms with Crippen LogP contribution in [-0.2, 0) is 17.8 Å². The number of likely N-dealkylation sites (N-methyl/N-ethyl adjacent to an activating group) is 1. The number of amides is 3. The summed E-state index contributed by atoms with van der Waals surface area (Å²) in [5, 5.41) is 9.88. The number of urea groups is 1. The van der Waals surface area contributed by atoms with E-state index in [0.717, 1.165) is 16.9 Å². The number of nitrogens with zero attached hydrogens (tertiary/aromatic N) is 1. The van der Waals surface area contributed by atoms with Crippen LogP contribution in [0.5, 0.6) is 5.75 Å². The predicted molar refractivity (Wildman–Crippen MR) is 135 cm³/mol. The maximum Gasteiger partial charge on any atom is 0.326 e. The third kappa shape index (κ3) is 6.24. The van der Waals surface area contributed by atoms with Gasteiger partial charge in [0.2, 0.25) is 0 Å². The number of rotatable bonds is 9. The summed E-state index contributed by atoms with van der Waals surface area (Å²) in [6.45, 7) is 6.34. The van der Waals surface area contributed by atoms with Crippen molar-refractivity contribution in [2.45, 2.75) is 32.4 Å². The van der Waals surface area contributed by atoms with Gasteiger partial charge in [-0.05, 0) is 55.2 Å². The molecule has 0 bridgehead atoms. The lowest BCUT2D eigenvalue weighted by Crippen LogP contribution is -2.49. The zero-order valence-electron chi connectivity index (χ0n) is 19.4. The molecule has 7 nitrogen and oxygen atoms in total. The van der Waals surface area contributed by atoms with Gasteiger partial charge in [-0.15, -0.1) is 0 Å². The first-order chi connectivity index (χ1) is 16.2. The summed E-state index contributed by atoms with van der Waals surface area (Å²) in [6, 6.07) is 12.5. The number of carbonyl (C=O) groups is 2. The van der Waals surface area contributed by atoms with Crippen LogP contribution in [-0.4, -0.2) is 37.0 Å². The number of nitrogens with one attached hydrogen (secondary N) is 3. The summed E-state index contributed by atoms with van der Waals surface area (Å²) >= 11 is 12.1. The number of hydrogen-bond acceptors (Lipinski definition) is 4. The second-order valence-corrected chi connectivity index (χ2v) is 8.86. The van der Waals surface area contributed by atoms with Crippen molar-refractivity contribution < 1.29 is 14.3 Å². The largest absolute Gasteiger partial charge is 0.497 e. The Morgan fingerprint density at radius 3 is 2.47 bits per heavy atom. The second kappa shape index (κ2) is 11.3. The van der Waals surface area contributed by atoms with Gasteiger partial charge in [0.1, 0.15) is 11.4 Å². The molecule has 3 N–H and O–H groups in total. The SMILES string of the molecule is C=C1C(NCc2ccc(OC)cc2)=C(C(=O)N[C@H](C)CCc2ccc(Cl)c(Cl)c2)NC(=O)N1C. The van der Waals surface area contributed by atoms with Crippen molar-refractivity contribution in [3.63, 3.8) is 0 Å². The zero-order chi connectivity index (χ0) is 24.8. The van der Waals surface area contributed by atoms with Crippen LogP contribution in [0, 0.1) is 0 Å². The molecule has 3 rings (SSSR count). The minimum absolute atomic E-state index is 0.142. The maximum atomic E-state index is 13.1. The van der Waals surface area contributed by atoms with Gasteiger partial charge in [0, 0.05) is 19.6 Å². The maximum absolute atomic E-state index is 13.1. The molecule has 1 atom stereocenters. The van der Waals surface area contributed by atoms with Crippen molar-refractivity contribution in [1.29, 1.82) is 0 Å². The molecule has 0 radical (unpaired) electrons. The van der Waals surface area contributed by atoms with Gasteiger partial charge in [0.15, 0.2) is 0 Å². The van der Waals surface area contributed by atoms with E-state index in [2.05, 4.69) is 22.5 Å². The number of halogens is 2. The Hall–Kier alpha value is -3.16. The highest BCUT2D eigenvalue weighted by Gasteiger charge is 2.30. The van der Waals surface area contributed by atoms with E-state index < -0.39 is 6.03 Å². The molecular formula is C25H28Cl2N4O3. The van der Waals surface area contributed by atoms with Gasteiger partial charge in [0.25, 0.3) is 5.91 Å². The number of carbonyl (C=O) groups excluding carboxylic acids is 2. The monoisotopic (exact) mass is 502 g/mol. The van der Waals surface area contributed by atoms with Crippen molar-refractivity contribution in [2.24, 2.45) is 0 Å². The smallest absolute Gasteiger partial charge is 0.326 e. The number of hydrogen-bond donors (Lipinski definition) is 3. The average Bonchev–Trinajstić information content (AvgIpc) is 2.82. The van der Waals surface area contributed by atoms with Gasteiger partial charge in [-0.2, -0.15) is 0 Å². The van der Waals surface area contributed by atoms with Crippen LogP contribution in [0.1, 0.15) is 24.5 Å². The zero-order valence-corrected chi connectivity index (χ0v) is 20.9. The fourth-order valence-corrected chi connectivity index (χ4v) is 3.75. The van der Waals surface area contributed by atoms with Crippen molar-refractivity contribution in [3.05, 3.63) is 87.3 Å². The van der Waals surface area contributed by atoms with Gasteiger partial charge >= 0.3 is 6.03 Å². The molecule has 1 aliphatic rings. The molecule has 180 valence electrons. The van der Waals surface area contributed by atoms with E-state index in [1.165, 1.54) is 4.90 Å². The van der Waals surface area contributed by atoms with Gasteiger partial charge in [-0.1, -0.05) is 48.0 Å². The van der Waals surface area contributed by atoms with Crippen LogP contribution in [0.15, 0.2) is 66.1 Å². The molecule has 0 fully saturated rings. The molecule has 0 aliphatic carbocycles. The summed E-state index contributed by atoms with van der Waals surface area (Å²) in [5.41, 5.74) is 3.02. The molecule has 0 unspecified atom stereocenters. The number of benzene rings is 2. The Bertz CT molecular complexity index is 1120. The first kappa shape index (κ1) is 25.5. The van der Waals surface area contributed by atoms with E-state index in [0.29, 0.717) is 40.8 Å². The van der Waals surface area contributed by atoms with E-state index >= 15 is 0 Å². The fourth-order valence-electron chi connectivity index (χ4n) is 3.43. The minimum atomic E-state index is -0.423. The van der Waals surface area contributed by atoms with E-state index in [9.17, 15) is 9.59 Å². The molecule has 34 heavy (non-hydrogen) atoms. The molecule has 0 aromatic heterocycles. The summed E-state index contributed by atoms with van der Waals surface area (Å²) in [4.78, 5) is 26.8. The van der Waals surface area contributed by atoms with Crippen molar-refractivity contribution in [1.82, 2.24) is 20.9 Å². The molecule has 2 aromatic rings. The first-order valence-corrected chi connectivity index (χ1v) is 11.5. The molecular weight excluding hydrogens is 475 g/mol. The van der Waals surface area contributed by atoms with E-state index in [4.69, 9.17) is 27.9 Å². The number of methoxy groups -OCH3 is 1. The Morgan fingerprint density at radius 2 is 1.82 bits per heavy atom. The molecule has 3 amide bonds. The quantitative estimate of drug-likeness (QED) is 0.467. The normalized spacial score (nSPS) is 14.6. The van der Waals surface area contributed by atoms with E-state index in [1.54, 1.807) is 20.2 Å². The highest BCUT2D eigenvalue weighted by Crippen LogP contribution is 2.24. The fraction of sp³-hybridized carbons (Fsp3) is 0.280. The summed E-state index contributed by atoms with van der Waals surface area (Å²) in [5.74, 6) is 0.369. The summed E-state index contributed by atoms with van der Waals surface area (Å²) in [6.07, 6.45) is 1.39. The summed E-state index contributed by atoms with van der Waals surface area (Å²) in [7, 11) is 3.21.